The molecule has 0 saturated heterocycles. The summed E-state index contributed by atoms with van der Waals surface area (Å²) in [6.07, 6.45) is 0. The zero-order valence-corrected chi connectivity index (χ0v) is 6.76. The van der Waals surface area contributed by atoms with E-state index in [-0.39, 0.29) is 18.2 Å². The van der Waals surface area contributed by atoms with Gasteiger partial charge in [0.15, 0.2) is 0 Å². The second-order valence-electron chi connectivity index (χ2n) is 1.62. The van der Waals surface area contributed by atoms with E-state index in [1.807, 2.05) is 5.38 Å². The molecule has 1 aromatic rings. The van der Waals surface area contributed by atoms with Crippen LogP contribution in [-0.4, -0.2) is 5.84 Å². The number of nitrogen functional groups attached to an aromatic ring is 2. The Kier molecular flexibility index (Phi) is 3.18. The van der Waals surface area contributed by atoms with Crippen LogP contribution in [0.4, 0.5) is 5.69 Å². The molecular formula is C5H8ClN3S. The van der Waals surface area contributed by atoms with E-state index in [1.165, 1.54) is 11.3 Å². The molecule has 0 aromatic carbocycles. The van der Waals surface area contributed by atoms with Crippen LogP contribution < -0.4 is 11.5 Å². The molecule has 1 rings (SSSR count). The van der Waals surface area contributed by atoms with E-state index in [1.54, 1.807) is 6.07 Å². The summed E-state index contributed by atoms with van der Waals surface area (Å²) >= 11 is 1.38. The van der Waals surface area contributed by atoms with Crippen LogP contribution in [0.5, 0.6) is 0 Å². The number of nitrogens with two attached hydrogens (primary N) is 2. The Morgan fingerprint density at radius 3 is 2.40 bits per heavy atom. The fourth-order valence-corrected chi connectivity index (χ4v) is 1.22. The van der Waals surface area contributed by atoms with Gasteiger partial charge in [0.2, 0.25) is 0 Å². The van der Waals surface area contributed by atoms with Crippen LogP contribution in [0.15, 0.2) is 11.4 Å². The summed E-state index contributed by atoms with van der Waals surface area (Å²) in [7, 11) is 0. The fourth-order valence-electron chi connectivity index (χ4n) is 0.538. The van der Waals surface area contributed by atoms with Gasteiger partial charge in [-0.05, 0) is 11.4 Å². The molecule has 0 amide bonds. The molecule has 5 heteroatoms. The highest BCUT2D eigenvalue weighted by atomic mass is 35.5. The Hall–Kier alpha value is -0.740. The summed E-state index contributed by atoms with van der Waals surface area (Å²) in [5.41, 5.74) is 11.2. The number of hydrogen-bond acceptors (Lipinski definition) is 3. The number of rotatable bonds is 1. The van der Waals surface area contributed by atoms with Gasteiger partial charge in [0.05, 0.1) is 10.6 Å². The number of halogens is 1. The highest BCUT2D eigenvalue weighted by Gasteiger charge is 2.00. The second-order valence-corrected chi connectivity index (χ2v) is 2.53. The van der Waals surface area contributed by atoms with Gasteiger partial charge in [-0.3, -0.25) is 5.41 Å². The van der Waals surface area contributed by atoms with E-state index in [2.05, 4.69) is 0 Å². The van der Waals surface area contributed by atoms with Crippen molar-refractivity contribution < 1.29 is 0 Å². The molecule has 0 saturated carbocycles. The minimum Gasteiger partial charge on any atom is -0.397 e. The van der Waals surface area contributed by atoms with E-state index >= 15 is 0 Å². The molecule has 0 spiro atoms. The number of nitrogens with one attached hydrogen (secondary N) is 1. The van der Waals surface area contributed by atoms with Crippen LogP contribution in [0.2, 0.25) is 0 Å². The van der Waals surface area contributed by atoms with E-state index in [0.29, 0.717) is 10.6 Å². The molecule has 1 aromatic heterocycles. The maximum atomic E-state index is 7.00. The van der Waals surface area contributed by atoms with Crippen LogP contribution in [0.25, 0.3) is 0 Å². The smallest absolute Gasteiger partial charge is 0.135 e. The van der Waals surface area contributed by atoms with Crippen LogP contribution in [0.1, 0.15) is 4.88 Å². The molecule has 10 heavy (non-hydrogen) atoms. The molecule has 0 radical (unpaired) electrons. The SMILES string of the molecule is Cl.N=C(N)c1sccc1N. The fraction of sp³-hybridized carbons (Fsp3) is 0. The zero-order chi connectivity index (χ0) is 6.85. The molecule has 56 valence electrons. The Morgan fingerprint density at radius 1 is 1.60 bits per heavy atom. The molecule has 0 aliphatic rings. The highest BCUT2D eigenvalue weighted by Crippen LogP contribution is 2.16. The predicted molar refractivity (Wildman–Crippen MR) is 47.0 cm³/mol. The molecule has 0 atom stereocenters. The van der Waals surface area contributed by atoms with Crippen LogP contribution >= 0.6 is 23.7 Å². The molecule has 1 heterocycles. The third kappa shape index (κ3) is 1.62. The van der Waals surface area contributed by atoms with Gasteiger partial charge in [-0.2, -0.15) is 0 Å². The van der Waals surface area contributed by atoms with Crippen LogP contribution in [0, 0.1) is 5.41 Å². The van der Waals surface area contributed by atoms with Crippen molar-refractivity contribution in [2.24, 2.45) is 5.73 Å². The maximum Gasteiger partial charge on any atom is 0.135 e. The topological polar surface area (TPSA) is 75.9 Å². The summed E-state index contributed by atoms with van der Waals surface area (Å²) in [6, 6.07) is 1.74. The Labute approximate surface area is 69.0 Å². The van der Waals surface area contributed by atoms with Gasteiger partial charge < -0.3 is 11.5 Å². The van der Waals surface area contributed by atoms with Gasteiger partial charge in [-0.1, -0.05) is 0 Å². The highest BCUT2D eigenvalue weighted by molar-refractivity contribution is 7.12. The molecule has 0 fully saturated rings. The van der Waals surface area contributed by atoms with Crippen molar-refractivity contribution in [3.63, 3.8) is 0 Å². The van der Waals surface area contributed by atoms with E-state index in [0.717, 1.165) is 0 Å². The van der Waals surface area contributed by atoms with Crippen molar-refractivity contribution in [2.45, 2.75) is 0 Å². The van der Waals surface area contributed by atoms with Gasteiger partial charge in [0.25, 0.3) is 0 Å². The van der Waals surface area contributed by atoms with Crippen molar-refractivity contribution in [1.82, 2.24) is 0 Å². The minimum absolute atomic E-state index is 0. The number of amidine groups is 1. The van der Waals surface area contributed by atoms with Gasteiger partial charge in [0.1, 0.15) is 5.84 Å². The maximum absolute atomic E-state index is 7.00. The number of thiophene rings is 1. The first-order chi connectivity index (χ1) is 4.22. The lowest BCUT2D eigenvalue weighted by Crippen LogP contribution is -2.10. The predicted octanol–water partition coefficient (Wildman–Crippen LogP) is 1.04. The summed E-state index contributed by atoms with van der Waals surface area (Å²) in [6.45, 7) is 0. The lowest BCUT2D eigenvalue weighted by molar-refractivity contribution is 1.45. The van der Waals surface area contributed by atoms with Crippen molar-refractivity contribution in [2.75, 3.05) is 5.73 Å². The Bertz CT molecular complexity index is 233. The first-order valence-electron chi connectivity index (χ1n) is 2.39. The van der Waals surface area contributed by atoms with Crippen LogP contribution in [-0.2, 0) is 0 Å². The largest absolute Gasteiger partial charge is 0.397 e. The summed E-state index contributed by atoms with van der Waals surface area (Å²) in [5.74, 6) is 0.0440. The van der Waals surface area contributed by atoms with Crippen molar-refractivity contribution in [3.05, 3.63) is 16.3 Å². The van der Waals surface area contributed by atoms with Gasteiger partial charge in [-0.25, -0.2) is 0 Å². The second kappa shape index (κ2) is 3.43. The third-order valence-electron chi connectivity index (χ3n) is 0.940. The Morgan fingerprint density at radius 2 is 2.20 bits per heavy atom. The minimum atomic E-state index is 0. The molecule has 5 N–H and O–H groups in total. The molecular weight excluding hydrogens is 170 g/mol. The molecule has 3 nitrogen and oxygen atoms in total. The average molecular weight is 178 g/mol. The first kappa shape index (κ1) is 9.26. The molecule has 0 aliphatic carbocycles. The molecule has 0 unspecified atom stereocenters. The first-order valence-corrected chi connectivity index (χ1v) is 3.27. The van der Waals surface area contributed by atoms with E-state index in [4.69, 9.17) is 16.9 Å². The number of hydrogen-bond donors (Lipinski definition) is 3. The van der Waals surface area contributed by atoms with E-state index in [9.17, 15) is 0 Å². The monoisotopic (exact) mass is 177 g/mol. The van der Waals surface area contributed by atoms with Gasteiger partial charge in [-0.15, -0.1) is 23.7 Å². The zero-order valence-electron chi connectivity index (χ0n) is 5.13. The van der Waals surface area contributed by atoms with Crippen molar-refractivity contribution >= 4 is 35.3 Å². The molecule has 0 aliphatic heterocycles. The van der Waals surface area contributed by atoms with Gasteiger partial charge >= 0.3 is 0 Å². The lowest BCUT2D eigenvalue weighted by Gasteiger charge is -1.91. The lowest BCUT2D eigenvalue weighted by atomic mass is 10.4. The third-order valence-corrected chi connectivity index (χ3v) is 1.90. The van der Waals surface area contributed by atoms with Crippen molar-refractivity contribution in [3.8, 4) is 0 Å². The number of anilines is 1. The summed E-state index contributed by atoms with van der Waals surface area (Å²) < 4.78 is 0. The summed E-state index contributed by atoms with van der Waals surface area (Å²) in [4.78, 5) is 0.662. The quantitative estimate of drug-likeness (QED) is 0.443. The standard InChI is InChI=1S/C5H7N3S.ClH/c6-3-1-2-9-4(3)5(7)8;/h1-2H,6H2,(H3,7,8);1H. The van der Waals surface area contributed by atoms with E-state index < -0.39 is 0 Å². The Balaban J connectivity index is 0.000000810. The normalized spacial score (nSPS) is 8.40. The molecule has 0 bridgehead atoms. The summed E-state index contributed by atoms with van der Waals surface area (Å²) in [5, 5.41) is 8.81. The van der Waals surface area contributed by atoms with Gasteiger partial charge in [0, 0.05) is 0 Å². The average Bonchev–Trinajstić information content (AvgIpc) is 2.13. The van der Waals surface area contributed by atoms with Crippen LogP contribution in [0.3, 0.4) is 0 Å². The van der Waals surface area contributed by atoms with Crippen molar-refractivity contribution in [1.29, 1.82) is 5.41 Å².